The van der Waals surface area contributed by atoms with E-state index in [9.17, 15) is 4.57 Å². The summed E-state index contributed by atoms with van der Waals surface area (Å²) in [6.45, 7) is 4.19. The average Bonchev–Trinajstić information content (AvgIpc) is 2.69. The molecule has 114 valence electrons. The zero-order valence-electron chi connectivity index (χ0n) is 12.8. The summed E-state index contributed by atoms with van der Waals surface area (Å²) in [6, 6.07) is 10.2. The molecular weight excluding hydrogens is 283 g/mol. The number of benzene rings is 1. The summed E-state index contributed by atoms with van der Waals surface area (Å²) in [4.78, 5) is 0. The monoisotopic (exact) mass is 306 g/mol. The molecule has 3 nitrogen and oxygen atoms in total. The quantitative estimate of drug-likeness (QED) is 0.703. The normalized spacial score (nSPS) is 28.3. The largest absolute Gasteiger partial charge is 0.358 e. The summed E-state index contributed by atoms with van der Waals surface area (Å²) in [5, 5.41) is 0.803. The maximum atomic E-state index is 13.1. The van der Waals surface area contributed by atoms with Crippen molar-refractivity contribution in [2.45, 2.75) is 51.6 Å². The standard InChI is InChI=1S/C17H23O3P/c1-3-19-21(18)14(2)16(15-10-6-4-7-11-15)17(20-21)12-8-5-9-13-17/h4,6-7,10-11H,3,5,8-9,12-13H2,1-2H3. The van der Waals surface area contributed by atoms with Crippen LogP contribution in [0, 0.1) is 0 Å². The lowest BCUT2D eigenvalue weighted by Crippen LogP contribution is -2.32. The van der Waals surface area contributed by atoms with Crippen LogP contribution in [0.1, 0.15) is 51.5 Å². The topological polar surface area (TPSA) is 35.5 Å². The van der Waals surface area contributed by atoms with Crippen LogP contribution < -0.4 is 0 Å². The Hall–Kier alpha value is -0.890. The Morgan fingerprint density at radius 1 is 1.19 bits per heavy atom. The van der Waals surface area contributed by atoms with Gasteiger partial charge in [-0.3, -0.25) is 9.09 Å². The van der Waals surface area contributed by atoms with Crippen LogP contribution in [0.5, 0.6) is 0 Å². The van der Waals surface area contributed by atoms with Crippen LogP contribution in [-0.4, -0.2) is 12.2 Å². The summed E-state index contributed by atoms with van der Waals surface area (Å²) in [5.41, 5.74) is 1.82. The zero-order valence-corrected chi connectivity index (χ0v) is 13.7. The van der Waals surface area contributed by atoms with E-state index in [4.69, 9.17) is 9.05 Å². The molecule has 1 atom stereocenters. The highest BCUT2D eigenvalue weighted by Crippen LogP contribution is 2.70. The molecule has 3 rings (SSSR count). The van der Waals surface area contributed by atoms with Gasteiger partial charge in [0.05, 0.1) is 6.61 Å². The van der Waals surface area contributed by atoms with Gasteiger partial charge in [-0.2, -0.15) is 0 Å². The van der Waals surface area contributed by atoms with Crippen LogP contribution >= 0.6 is 7.60 Å². The first-order chi connectivity index (χ1) is 10.1. The second-order valence-corrected chi connectivity index (χ2v) is 7.99. The molecule has 1 spiro atoms. The van der Waals surface area contributed by atoms with E-state index in [0.29, 0.717) is 6.61 Å². The molecule has 0 saturated heterocycles. The number of rotatable bonds is 3. The van der Waals surface area contributed by atoms with Crippen molar-refractivity contribution >= 4 is 13.2 Å². The molecule has 0 radical (unpaired) electrons. The molecule has 21 heavy (non-hydrogen) atoms. The van der Waals surface area contributed by atoms with Crippen molar-refractivity contribution in [3.63, 3.8) is 0 Å². The van der Waals surface area contributed by atoms with E-state index in [-0.39, 0.29) is 0 Å². The van der Waals surface area contributed by atoms with Gasteiger partial charge in [0.2, 0.25) is 0 Å². The highest BCUT2D eigenvalue weighted by atomic mass is 31.2. The number of hydrogen-bond donors (Lipinski definition) is 0. The van der Waals surface area contributed by atoms with E-state index in [1.54, 1.807) is 0 Å². The highest BCUT2D eigenvalue weighted by molar-refractivity contribution is 7.59. The summed E-state index contributed by atoms with van der Waals surface area (Å²) in [6.07, 6.45) is 5.34. The smallest absolute Gasteiger partial charge is 0.306 e. The minimum Gasteiger partial charge on any atom is -0.306 e. The third kappa shape index (κ3) is 2.52. The molecule has 4 heteroatoms. The van der Waals surface area contributed by atoms with Gasteiger partial charge in [-0.25, -0.2) is 0 Å². The molecule has 1 saturated carbocycles. The minimum atomic E-state index is -3.14. The Labute approximate surface area is 126 Å². The lowest BCUT2D eigenvalue weighted by atomic mass is 9.77. The van der Waals surface area contributed by atoms with Gasteiger partial charge < -0.3 is 4.52 Å². The second kappa shape index (κ2) is 5.72. The molecular formula is C17H23O3P. The van der Waals surface area contributed by atoms with Crippen LogP contribution in [-0.2, 0) is 13.6 Å². The van der Waals surface area contributed by atoms with Gasteiger partial charge in [0.25, 0.3) is 0 Å². The van der Waals surface area contributed by atoms with Gasteiger partial charge >= 0.3 is 7.60 Å². The summed E-state index contributed by atoms with van der Waals surface area (Å²) in [5.74, 6) is 0. The Kier molecular flexibility index (Phi) is 4.09. The lowest BCUT2D eigenvalue weighted by molar-refractivity contribution is 0.0757. The third-order valence-corrected chi connectivity index (χ3v) is 6.78. The molecule has 0 amide bonds. The van der Waals surface area contributed by atoms with Crippen LogP contribution in [0.4, 0.5) is 0 Å². The van der Waals surface area contributed by atoms with E-state index in [1.165, 1.54) is 6.42 Å². The Morgan fingerprint density at radius 2 is 1.86 bits per heavy atom. The fraction of sp³-hybridized carbons (Fsp3) is 0.529. The highest BCUT2D eigenvalue weighted by Gasteiger charge is 2.52. The van der Waals surface area contributed by atoms with E-state index >= 15 is 0 Å². The van der Waals surface area contributed by atoms with Gasteiger partial charge in [0.1, 0.15) is 5.60 Å². The van der Waals surface area contributed by atoms with Gasteiger partial charge in [-0.05, 0) is 32.3 Å². The Morgan fingerprint density at radius 3 is 2.48 bits per heavy atom. The Bertz CT molecular complexity index is 585. The minimum absolute atomic E-state index is 0.408. The van der Waals surface area contributed by atoms with Gasteiger partial charge in [-0.1, -0.05) is 49.6 Å². The van der Waals surface area contributed by atoms with E-state index in [0.717, 1.165) is 42.1 Å². The van der Waals surface area contributed by atoms with Crippen LogP contribution in [0.25, 0.3) is 5.57 Å². The van der Waals surface area contributed by atoms with E-state index in [2.05, 4.69) is 12.1 Å². The molecule has 2 aliphatic rings. The van der Waals surface area contributed by atoms with Crippen LogP contribution in [0.2, 0.25) is 0 Å². The zero-order chi connectivity index (χ0) is 14.9. The first-order valence-corrected chi connectivity index (χ1v) is 9.38. The predicted molar refractivity (Wildman–Crippen MR) is 85.2 cm³/mol. The van der Waals surface area contributed by atoms with Gasteiger partial charge in [0, 0.05) is 10.9 Å². The number of hydrogen-bond acceptors (Lipinski definition) is 3. The average molecular weight is 306 g/mol. The molecule has 1 fully saturated rings. The van der Waals surface area contributed by atoms with Crippen LogP contribution in [0.3, 0.4) is 0 Å². The molecule has 1 heterocycles. The maximum absolute atomic E-state index is 13.1. The first kappa shape index (κ1) is 15.0. The van der Waals surface area contributed by atoms with Gasteiger partial charge in [-0.15, -0.1) is 0 Å². The molecule has 1 aliphatic carbocycles. The fourth-order valence-corrected chi connectivity index (χ4v) is 5.71. The van der Waals surface area contributed by atoms with Crippen molar-refractivity contribution in [1.29, 1.82) is 0 Å². The van der Waals surface area contributed by atoms with E-state index < -0.39 is 13.2 Å². The molecule has 1 aromatic rings. The maximum Gasteiger partial charge on any atom is 0.358 e. The molecule has 0 bridgehead atoms. The van der Waals surface area contributed by atoms with Crippen molar-refractivity contribution < 1.29 is 13.6 Å². The van der Waals surface area contributed by atoms with Crippen molar-refractivity contribution in [3.8, 4) is 0 Å². The van der Waals surface area contributed by atoms with Crippen molar-refractivity contribution in [3.05, 3.63) is 41.2 Å². The molecule has 1 aliphatic heterocycles. The first-order valence-electron chi connectivity index (χ1n) is 7.84. The summed E-state index contributed by atoms with van der Waals surface area (Å²) in [7, 11) is -3.14. The molecule has 0 N–H and O–H groups in total. The summed E-state index contributed by atoms with van der Waals surface area (Å²) >= 11 is 0. The van der Waals surface area contributed by atoms with Crippen molar-refractivity contribution in [2.24, 2.45) is 0 Å². The fourth-order valence-electron chi connectivity index (χ4n) is 3.64. The van der Waals surface area contributed by atoms with Gasteiger partial charge in [0.15, 0.2) is 0 Å². The lowest BCUT2D eigenvalue weighted by Gasteiger charge is -2.35. The summed E-state index contributed by atoms with van der Waals surface area (Å²) < 4.78 is 24.8. The second-order valence-electron chi connectivity index (χ2n) is 5.89. The molecule has 1 aromatic carbocycles. The van der Waals surface area contributed by atoms with E-state index in [1.807, 2.05) is 32.0 Å². The SMILES string of the molecule is CCOP1(=O)OC2(CCCCC2)C(c2ccccc2)=C1C. The van der Waals surface area contributed by atoms with Crippen molar-refractivity contribution in [2.75, 3.05) is 6.61 Å². The molecule has 0 aromatic heterocycles. The molecule has 1 unspecified atom stereocenters. The van der Waals surface area contributed by atoms with Crippen molar-refractivity contribution in [1.82, 2.24) is 0 Å². The third-order valence-electron chi connectivity index (χ3n) is 4.55. The Balaban J connectivity index is 2.12. The number of allylic oxidation sites excluding steroid dienone is 1. The van der Waals surface area contributed by atoms with Crippen LogP contribution in [0.15, 0.2) is 35.6 Å². The predicted octanol–water partition coefficient (Wildman–Crippen LogP) is 5.38.